The van der Waals surface area contributed by atoms with Crippen molar-refractivity contribution >= 4 is 22.6 Å². The largest absolute Gasteiger partial charge is 0.478 e. The Labute approximate surface area is 170 Å². The van der Waals surface area contributed by atoms with Crippen molar-refractivity contribution in [1.29, 1.82) is 0 Å². The Morgan fingerprint density at radius 1 is 1.10 bits per heavy atom. The number of likely N-dealkylation sites (tertiary alicyclic amines) is 1. The molecule has 6 heteroatoms. The molecule has 0 atom stereocenters. The fourth-order valence-electron chi connectivity index (χ4n) is 3.86. The van der Waals surface area contributed by atoms with Crippen molar-refractivity contribution in [3.8, 4) is 11.3 Å². The molecule has 1 aromatic carbocycles. The van der Waals surface area contributed by atoms with Gasteiger partial charge in [0.05, 0.1) is 16.8 Å². The number of hydrogen-bond donors (Lipinski definition) is 2. The third kappa shape index (κ3) is 4.71. The van der Waals surface area contributed by atoms with Gasteiger partial charge in [-0.05, 0) is 63.2 Å². The highest BCUT2D eigenvalue weighted by molar-refractivity contribution is 5.93. The van der Waals surface area contributed by atoms with Gasteiger partial charge in [-0.25, -0.2) is 9.78 Å². The summed E-state index contributed by atoms with van der Waals surface area (Å²) >= 11 is 0. The second kappa shape index (κ2) is 9.01. The molecule has 4 rings (SSSR count). The van der Waals surface area contributed by atoms with Crippen LogP contribution in [0.15, 0.2) is 48.8 Å². The number of aromatic nitrogens is 2. The normalized spacial score (nSPS) is 14.8. The molecule has 3 aromatic rings. The molecule has 6 nitrogen and oxygen atoms in total. The number of piperidine rings is 1. The highest BCUT2D eigenvalue weighted by Gasteiger charge is 2.11. The highest BCUT2D eigenvalue weighted by Crippen LogP contribution is 2.28. The van der Waals surface area contributed by atoms with Crippen molar-refractivity contribution in [2.24, 2.45) is 0 Å². The molecule has 2 aromatic heterocycles. The summed E-state index contributed by atoms with van der Waals surface area (Å²) in [6, 6.07) is 10.8. The standard InChI is InChI=1S/C23H26N4O2/c28-23(29)18-7-5-17(6-8-18)21-15-22(19-16-24-11-9-20(19)26-21)25-10-4-14-27-12-2-1-3-13-27/h5-9,11,15-16H,1-4,10,12-14H2,(H,25,26)(H,28,29). The molecule has 0 bridgehead atoms. The van der Waals surface area contributed by atoms with Gasteiger partial charge < -0.3 is 15.3 Å². The molecule has 1 fully saturated rings. The predicted molar refractivity (Wildman–Crippen MR) is 115 cm³/mol. The van der Waals surface area contributed by atoms with Gasteiger partial charge in [0.2, 0.25) is 0 Å². The van der Waals surface area contributed by atoms with Crippen molar-refractivity contribution in [1.82, 2.24) is 14.9 Å². The second-order valence-electron chi connectivity index (χ2n) is 7.51. The van der Waals surface area contributed by atoms with Gasteiger partial charge in [-0.2, -0.15) is 0 Å². The van der Waals surface area contributed by atoms with Crippen LogP contribution in [-0.2, 0) is 0 Å². The number of carboxylic acids is 1. The number of aromatic carboxylic acids is 1. The number of carbonyl (C=O) groups is 1. The Bertz CT molecular complexity index is 982. The summed E-state index contributed by atoms with van der Waals surface area (Å²) in [7, 11) is 0. The summed E-state index contributed by atoms with van der Waals surface area (Å²) in [6.45, 7) is 4.46. The van der Waals surface area contributed by atoms with E-state index < -0.39 is 5.97 Å². The van der Waals surface area contributed by atoms with Crippen LogP contribution in [0.5, 0.6) is 0 Å². The quantitative estimate of drug-likeness (QED) is 0.586. The molecule has 2 N–H and O–H groups in total. The molecule has 0 radical (unpaired) electrons. The number of pyridine rings is 2. The third-order valence-electron chi connectivity index (χ3n) is 5.45. The Hall–Kier alpha value is -2.99. The SMILES string of the molecule is O=C(O)c1ccc(-c2cc(NCCCN3CCCCC3)c3cnccc3n2)cc1. The fourth-order valence-corrected chi connectivity index (χ4v) is 3.86. The van der Waals surface area contributed by atoms with Crippen molar-refractivity contribution in [2.75, 3.05) is 31.5 Å². The Morgan fingerprint density at radius 3 is 2.66 bits per heavy atom. The summed E-state index contributed by atoms with van der Waals surface area (Å²) in [5, 5.41) is 13.7. The van der Waals surface area contributed by atoms with Crippen LogP contribution in [0.2, 0.25) is 0 Å². The van der Waals surface area contributed by atoms with Gasteiger partial charge in [-0.1, -0.05) is 18.6 Å². The summed E-state index contributed by atoms with van der Waals surface area (Å²) < 4.78 is 0. The van der Waals surface area contributed by atoms with Gasteiger partial charge in [-0.15, -0.1) is 0 Å². The number of carboxylic acid groups (broad SMARTS) is 1. The first kappa shape index (κ1) is 19.3. The zero-order valence-electron chi connectivity index (χ0n) is 16.5. The molecule has 0 unspecified atom stereocenters. The Morgan fingerprint density at radius 2 is 1.90 bits per heavy atom. The van der Waals surface area contributed by atoms with E-state index in [2.05, 4.69) is 15.2 Å². The molecule has 0 aliphatic carbocycles. The fraction of sp³-hybridized carbons (Fsp3) is 0.348. The van der Waals surface area contributed by atoms with Gasteiger partial charge in [0.1, 0.15) is 0 Å². The minimum absolute atomic E-state index is 0.273. The van der Waals surface area contributed by atoms with E-state index in [9.17, 15) is 4.79 Å². The summed E-state index contributed by atoms with van der Waals surface area (Å²) in [4.78, 5) is 22.7. The van der Waals surface area contributed by atoms with Crippen LogP contribution < -0.4 is 5.32 Å². The lowest BCUT2D eigenvalue weighted by atomic mass is 10.1. The average Bonchev–Trinajstić information content (AvgIpc) is 2.77. The molecule has 3 heterocycles. The molecule has 150 valence electrons. The molecule has 29 heavy (non-hydrogen) atoms. The van der Waals surface area contributed by atoms with E-state index in [0.717, 1.165) is 47.4 Å². The van der Waals surface area contributed by atoms with Crippen molar-refractivity contribution in [3.63, 3.8) is 0 Å². The number of benzene rings is 1. The third-order valence-corrected chi connectivity index (χ3v) is 5.45. The van der Waals surface area contributed by atoms with E-state index in [1.807, 2.05) is 18.3 Å². The van der Waals surface area contributed by atoms with E-state index in [4.69, 9.17) is 10.1 Å². The second-order valence-corrected chi connectivity index (χ2v) is 7.51. The lowest BCUT2D eigenvalue weighted by molar-refractivity contribution is 0.0697. The maximum Gasteiger partial charge on any atom is 0.335 e. The van der Waals surface area contributed by atoms with Gasteiger partial charge in [0.15, 0.2) is 0 Å². The molecular formula is C23H26N4O2. The highest BCUT2D eigenvalue weighted by atomic mass is 16.4. The van der Waals surface area contributed by atoms with Gasteiger partial charge in [-0.3, -0.25) is 4.98 Å². The zero-order chi connectivity index (χ0) is 20.1. The minimum atomic E-state index is -0.926. The number of hydrogen-bond acceptors (Lipinski definition) is 5. The van der Waals surface area contributed by atoms with Crippen LogP contribution in [0.4, 0.5) is 5.69 Å². The number of nitrogens with zero attached hydrogens (tertiary/aromatic N) is 3. The van der Waals surface area contributed by atoms with Gasteiger partial charge in [0, 0.05) is 35.6 Å². The van der Waals surface area contributed by atoms with Crippen molar-refractivity contribution in [3.05, 3.63) is 54.4 Å². The van der Waals surface area contributed by atoms with Crippen LogP contribution >= 0.6 is 0 Å². The van der Waals surface area contributed by atoms with Crippen molar-refractivity contribution in [2.45, 2.75) is 25.7 Å². The van der Waals surface area contributed by atoms with Gasteiger partial charge >= 0.3 is 5.97 Å². The summed E-state index contributed by atoms with van der Waals surface area (Å²) in [6.07, 6.45) is 8.67. The molecule has 1 aliphatic rings. The van der Waals surface area contributed by atoms with Crippen LogP contribution in [-0.4, -0.2) is 52.1 Å². The van der Waals surface area contributed by atoms with E-state index in [0.29, 0.717) is 0 Å². The first-order valence-electron chi connectivity index (χ1n) is 10.3. The van der Waals surface area contributed by atoms with E-state index >= 15 is 0 Å². The molecular weight excluding hydrogens is 364 g/mol. The van der Waals surface area contributed by atoms with Crippen LogP contribution in [0.3, 0.4) is 0 Å². The molecule has 1 aliphatic heterocycles. The lowest BCUT2D eigenvalue weighted by Gasteiger charge is -2.26. The number of rotatable bonds is 7. The first-order chi connectivity index (χ1) is 14.2. The summed E-state index contributed by atoms with van der Waals surface area (Å²) in [5.74, 6) is -0.926. The smallest absolute Gasteiger partial charge is 0.335 e. The molecule has 0 spiro atoms. The number of nitrogens with one attached hydrogen (secondary N) is 1. The van der Waals surface area contributed by atoms with E-state index in [1.54, 1.807) is 30.5 Å². The first-order valence-corrected chi connectivity index (χ1v) is 10.3. The monoisotopic (exact) mass is 390 g/mol. The lowest BCUT2D eigenvalue weighted by Crippen LogP contribution is -2.31. The van der Waals surface area contributed by atoms with E-state index in [1.165, 1.54) is 32.4 Å². The Balaban J connectivity index is 1.51. The minimum Gasteiger partial charge on any atom is -0.478 e. The van der Waals surface area contributed by atoms with E-state index in [-0.39, 0.29) is 5.56 Å². The maximum atomic E-state index is 11.1. The van der Waals surface area contributed by atoms with Crippen molar-refractivity contribution < 1.29 is 9.90 Å². The topological polar surface area (TPSA) is 78.4 Å². The Kier molecular flexibility index (Phi) is 6.00. The maximum absolute atomic E-state index is 11.1. The molecule has 1 saturated heterocycles. The van der Waals surface area contributed by atoms with Gasteiger partial charge in [0.25, 0.3) is 0 Å². The number of fused-ring (bicyclic) bond motifs is 1. The number of anilines is 1. The predicted octanol–water partition coefficient (Wildman–Crippen LogP) is 4.28. The molecule has 0 amide bonds. The van der Waals surface area contributed by atoms with Crippen LogP contribution in [0.1, 0.15) is 36.0 Å². The molecule has 0 saturated carbocycles. The average molecular weight is 390 g/mol. The summed E-state index contributed by atoms with van der Waals surface area (Å²) in [5.41, 5.74) is 3.87. The van der Waals surface area contributed by atoms with Crippen LogP contribution in [0.25, 0.3) is 22.2 Å². The zero-order valence-corrected chi connectivity index (χ0v) is 16.5. The van der Waals surface area contributed by atoms with Crippen LogP contribution in [0, 0.1) is 0 Å².